The molecule has 0 saturated carbocycles. The molecular weight excluding hydrogens is 380 g/mol. The van der Waals surface area contributed by atoms with Gasteiger partial charge in [-0.25, -0.2) is 8.42 Å². The number of anilines is 1. The number of hydrogen-bond donors (Lipinski definition) is 2. The lowest BCUT2D eigenvalue weighted by Crippen LogP contribution is -2.44. The third-order valence-corrected chi connectivity index (χ3v) is 5.01. The van der Waals surface area contributed by atoms with E-state index in [1.807, 2.05) is 13.0 Å². The maximum absolute atomic E-state index is 12.7. The van der Waals surface area contributed by atoms with Crippen LogP contribution < -0.4 is 15.4 Å². The smallest absolute Gasteiger partial charge is 0.251 e. The van der Waals surface area contributed by atoms with Gasteiger partial charge in [0, 0.05) is 17.5 Å². The first-order chi connectivity index (χ1) is 13.2. The molecule has 0 heterocycles. The molecule has 2 amide bonds. The molecule has 28 heavy (non-hydrogen) atoms. The van der Waals surface area contributed by atoms with E-state index in [1.165, 1.54) is 7.11 Å². The van der Waals surface area contributed by atoms with Gasteiger partial charge in [0.05, 0.1) is 12.9 Å². The first-order valence-electron chi connectivity index (χ1n) is 8.68. The summed E-state index contributed by atoms with van der Waals surface area (Å²) in [6, 6.07) is 12.6. The van der Waals surface area contributed by atoms with E-state index in [1.54, 1.807) is 42.5 Å². The van der Waals surface area contributed by atoms with Gasteiger partial charge in [0.25, 0.3) is 5.91 Å². The number of hydrogen-bond acceptors (Lipinski definition) is 5. The Bertz CT molecular complexity index is 939. The number of carbonyl (C=O) groups is 2. The summed E-state index contributed by atoms with van der Waals surface area (Å²) in [4.78, 5) is 25.2. The number of ether oxygens (including phenoxy) is 1. The fourth-order valence-electron chi connectivity index (χ4n) is 2.53. The van der Waals surface area contributed by atoms with E-state index in [2.05, 4.69) is 10.6 Å². The van der Waals surface area contributed by atoms with Crippen LogP contribution in [0.1, 0.15) is 22.3 Å². The molecule has 1 atom stereocenters. The van der Waals surface area contributed by atoms with Crippen molar-refractivity contribution in [2.75, 3.05) is 24.4 Å². The van der Waals surface area contributed by atoms with Gasteiger partial charge in [-0.2, -0.15) is 0 Å². The van der Waals surface area contributed by atoms with Gasteiger partial charge in [-0.3, -0.25) is 9.59 Å². The zero-order valence-corrected chi connectivity index (χ0v) is 16.9. The Morgan fingerprint density at radius 1 is 1.11 bits per heavy atom. The fraction of sp³-hybridized carbons (Fsp3) is 0.300. The van der Waals surface area contributed by atoms with Gasteiger partial charge in [0.2, 0.25) is 5.91 Å². The molecule has 2 aromatic rings. The molecule has 7 nitrogen and oxygen atoms in total. The third kappa shape index (κ3) is 6.70. The highest BCUT2D eigenvalue weighted by molar-refractivity contribution is 7.90. The first-order valence-corrected chi connectivity index (χ1v) is 10.7. The second-order valence-corrected chi connectivity index (χ2v) is 8.79. The minimum atomic E-state index is -3.29. The van der Waals surface area contributed by atoms with Crippen LogP contribution >= 0.6 is 0 Å². The number of rotatable bonds is 8. The summed E-state index contributed by atoms with van der Waals surface area (Å²) in [7, 11) is -1.75. The average molecular weight is 404 g/mol. The maximum Gasteiger partial charge on any atom is 0.251 e. The molecule has 0 aliphatic carbocycles. The molecule has 0 aromatic heterocycles. The summed E-state index contributed by atoms with van der Waals surface area (Å²) in [6.07, 6.45) is 1.06. The molecule has 150 valence electrons. The topological polar surface area (TPSA) is 102 Å². The van der Waals surface area contributed by atoms with E-state index in [9.17, 15) is 18.0 Å². The number of sulfone groups is 1. The van der Waals surface area contributed by atoms with Crippen LogP contribution in [0.4, 0.5) is 5.69 Å². The van der Waals surface area contributed by atoms with Crippen LogP contribution in [0.15, 0.2) is 48.5 Å². The molecule has 0 aliphatic heterocycles. The minimum absolute atomic E-state index is 0.0294. The van der Waals surface area contributed by atoms with E-state index in [4.69, 9.17) is 4.74 Å². The molecule has 0 radical (unpaired) electrons. The number of benzene rings is 2. The Kier molecular flexibility index (Phi) is 7.17. The van der Waals surface area contributed by atoms with Gasteiger partial charge in [0.15, 0.2) is 0 Å². The average Bonchev–Trinajstić information content (AvgIpc) is 2.64. The molecule has 0 fully saturated rings. The predicted octanol–water partition coefficient (Wildman–Crippen LogP) is 2.18. The quantitative estimate of drug-likeness (QED) is 0.702. The van der Waals surface area contributed by atoms with E-state index in [0.717, 1.165) is 11.8 Å². The van der Waals surface area contributed by atoms with Crippen molar-refractivity contribution in [3.8, 4) is 5.75 Å². The molecule has 0 aliphatic rings. The Hall–Kier alpha value is -2.87. The highest BCUT2D eigenvalue weighted by Gasteiger charge is 2.23. The van der Waals surface area contributed by atoms with Gasteiger partial charge < -0.3 is 15.4 Å². The molecule has 0 bridgehead atoms. The van der Waals surface area contributed by atoms with Crippen LogP contribution in [-0.2, 0) is 14.6 Å². The van der Waals surface area contributed by atoms with Gasteiger partial charge in [-0.05, 0) is 49.7 Å². The van der Waals surface area contributed by atoms with E-state index < -0.39 is 27.7 Å². The van der Waals surface area contributed by atoms with Crippen molar-refractivity contribution < 1.29 is 22.7 Å². The van der Waals surface area contributed by atoms with Crippen molar-refractivity contribution in [1.29, 1.82) is 0 Å². The summed E-state index contributed by atoms with van der Waals surface area (Å²) in [5.74, 6) is -0.511. The normalized spacial score (nSPS) is 12.1. The predicted molar refractivity (Wildman–Crippen MR) is 108 cm³/mol. The Labute approximate surface area is 165 Å². The van der Waals surface area contributed by atoms with Crippen LogP contribution in [0.5, 0.6) is 5.75 Å². The van der Waals surface area contributed by atoms with Gasteiger partial charge in [-0.1, -0.05) is 17.7 Å². The Morgan fingerprint density at radius 2 is 1.79 bits per heavy atom. The first kappa shape index (κ1) is 21.4. The summed E-state index contributed by atoms with van der Waals surface area (Å²) >= 11 is 0. The SMILES string of the molecule is COc1ccc(NC(=O)[C@H](CCS(C)(=O)=O)NC(=O)c2cccc(C)c2)cc1. The minimum Gasteiger partial charge on any atom is -0.497 e. The van der Waals surface area contributed by atoms with E-state index >= 15 is 0 Å². The van der Waals surface area contributed by atoms with Crippen LogP contribution in [0.2, 0.25) is 0 Å². The van der Waals surface area contributed by atoms with Crippen LogP contribution in [0, 0.1) is 6.92 Å². The molecule has 2 rings (SSSR count). The van der Waals surface area contributed by atoms with Crippen molar-refractivity contribution in [1.82, 2.24) is 5.32 Å². The van der Waals surface area contributed by atoms with Gasteiger partial charge >= 0.3 is 0 Å². The number of aryl methyl sites for hydroxylation is 1. The largest absolute Gasteiger partial charge is 0.497 e. The van der Waals surface area contributed by atoms with Crippen LogP contribution in [0.25, 0.3) is 0 Å². The summed E-state index contributed by atoms with van der Waals surface area (Å²) < 4.78 is 28.1. The van der Waals surface area contributed by atoms with Crippen molar-refractivity contribution in [3.05, 3.63) is 59.7 Å². The molecule has 2 N–H and O–H groups in total. The third-order valence-electron chi connectivity index (χ3n) is 4.04. The number of amides is 2. The number of nitrogens with one attached hydrogen (secondary N) is 2. The standard InChI is InChI=1S/C20H24N2O5S/c1-14-5-4-6-15(13-14)19(23)22-18(11-12-28(3,25)26)20(24)21-16-7-9-17(27-2)10-8-16/h4-10,13,18H,11-12H2,1-3H3,(H,21,24)(H,22,23)/t18-/m0/s1. The Morgan fingerprint density at radius 3 is 2.36 bits per heavy atom. The molecule has 2 aromatic carbocycles. The molecule has 0 spiro atoms. The van der Waals surface area contributed by atoms with Crippen LogP contribution in [-0.4, -0.2) is 45.4 Å². The van der Waals surface area contributed by atoms with Crippen molar-refractivity contribution in [3.63, 3.8) is 0 Å². The number of methoxy groups -OCH3 is 1. The second-order valence-electron chi connectivity index (χ2n) is 6.53. The van der Waals surface area contributed by atoms with Crippen molar-refractivity contribution in [2.24, 2.45) is 0 Å². The van der Waals surface area contributed by atoms with Gasteiger partial charge in [0.1, 0.15) is 21.6 Å². The van der Waals surface area contributed by atoms with Crippen molar-refractivity contribution in [2.45, 2.75) is 19.4 Å². The molecule has 8 heteroatoms. The monoisotopic (exact) mass is 404 g/mol. The fourth-order valence-corrected chi connectivity index (χ4v) is 3.20. The zero-order chi connectivity index (χ0) is 20.7. The lowest BCUT2D eigenvalue weighted by molar-refractivity contribution is -0.118. The lowest BCUT2D eigenvalue weighted by atomic mass is 10.1. The summed E-state index contributed by atoms with van der Waals surface area (Å²) in [5.41, 5.74) is 1.82. The number of carbonyl (C=O) groups excluding carboxylic acids is 2. The highest BCUT2D eigenvalue weighted by Crippen LogP contribution is 2.15. The lowest BCUT2D eigenvalue weighted by Gasteiger charge is -2.18. The Balaban J connectivity index is 2.14. The van der Waals surface area contributed by atoms with Crippen molar-refractivity contribution >= 4 is 27.3 Å². The second kappa shape index (κ2) is 9.36. The van der Waals surface area contributed by atoms with Gasteiger partial charge in [-0.15, -0.1) is 0 Å². The zero-order valence-electron chi connectivity index (χ0n) is 16.1. The van der Waals surface area contributed by atoms with E-state index in [0.29, 0.717) is 17.0 Å². The summed E-state index contributed by atoms with van der Waals surface area (Å²) in [5, 5.41) is 5.33. The molecule has 0 unspecified atom stereocenters. The maximum atomic E-state index is 12.7. The summed E-state index contributed by atoms with van der Waals surface area (Å²) in [6.45, 7) is 1.86. The van der Waals surface area contributed by atoms with Crippen LogP contribution in [0.3, 0.4) is 0 Å². The highest BCUT2D eigenvalue weighted by atomic mass is 32.2. The molecular formula is C20H24N2O5S. The van der Waals surface area contributed by atoms with E-state index in [-0.39, 0.29) is 12.2 Å². The molecule has 0 saturated heterocycles.